The van der Waals surface area contributed by atoms with Crippen LogP contribution in [0.5, 0.6) is 0 Å². The Labute approximate surface area is 160 Å². The van der Waals surface area contributed by atoms with Crippen molar-refractivity contribution < 1.29 is 19.1 Å². The molecule has 28 heavy (non-hydrogen) atoms. The molecule has 0 spiro atoms. The van der Waals surface area contributed by atoms with Crippen LogP contribution in [0.1, 0.15) is 49.3 Å². The Morgan fingerprint density at radius 3 is 2.29 bits per heavy atom. The quantitative estimate of drug-likeness (QED) is 0.441. The summed E-state index contributed by atoms with van der Waals surface area (Å²) in [5, 5.41) is 0.905. The minimum absolute atomic E-state index is 0.124. The molecule has 0 amide bonds. The topological polar surface area (TPSA) is 64.8 Å². The van der Waals surface area contributed by atoms with Gasteiger partial charge in [-0.25, -0.2) is 4.79 Å². The van der Waals surface area contributed by atoms with Gasteiger partial charge >= 0.3 is 5.97 Å². The van der Waals surface area contributed by atoms with Crippen LogP contribution in [0.15, 0.2) is 60.7 Å². The molecule has 0 atom stereocenters. The first-order valence-electron chi connectivity index (χ1n) is 9.05. The molecule has 0 bridgehead atoms. The van der Waals surface area contributed by atoms with E-state index in [9.17, 15) is 14.4 Å². The zero-order chi connectivity index (χ0) is 19.4. The molecular weight excluding hydrogens is 354 g/mol. The van der Waals surface area contributed by atoms with Gasteiger partial charge in [0.05, 0.1) is 28.8 Å². The Morgan fingerprint density at radius 1 is 0.857 bits per heavy atom. The highest BCUT2D eigenvalue weighted by molar-refractivity contribution is 6.32. The first-order chi connectivity index (χ1) is 13.6. The summed E-state index contributed by atoms with van der Waals surface area (Å²) in [6.07, 6.45) is 0. The molecule has 2 heterocycles. The fourth-order valence-corrected chi connectivity index (χ4v) is 3.99. The molecular formula is C23H15NO4. The van der Waals surface area contributed by atoms with Crippen molar-refractivity contribution >= 4 is 34.0 Å². The van der Waals surface area contributed by atoms with Gasteiger partial charge in [0.2, 0.25) is 5.78 Å². The van der Waals surface area contributed by atoms with E-state index in [1.807, 2.05) is 30.3 Å². The summed E-state index contributed by atoms with van der Waals surface area (Å²) in [6, 6.07) is 17.9. The van der Waals surface area contributed by atoms with Gasteiger partial charge in [-0.1, -0.05) is 48.5 Å². The van der Waals surface area contributed by atoms with Crippen LogP contribution >= 0.6 is 0 Å². The monoisotopic (exact) mass is 369 g/mol. The maximum Gasteiger partial charge on any atom is 0.341 e. The lowest BCUT2D eigenvalue weighted by atomic mass is 9.86. The zero-order valence-electron chi connectivity index (χ0n) is 15.1. The van der Waals surface area contributed by atoms with Crippen molar-refractivity contribution in [3.8, 4) is 0 Å². The standard InChI is InChI=1S/C23H15NO4/c1-2-28-23(27)18-17-12-11-13-7-3-6-10-16(13)24(17)20-19(18)21(25)14-8-4-5-9-15(14)22(20)26/h3-12H,2H2,1H3. The van der Waals surface area contributed by atoms with Crippen molar-refractivity contribution in [2.75, 3.05) is 6.61 Å². The number of rotatable bonds is 2. The second-order valence-electron chi connectivity index (χ2n) is 6.64. The fraction of sp³-hybridized carbons (Fsp3) is 0.0870. The molecule has 0 aliphatic heterocycles. The number of benzene rings is 2. The summed E-state index contributed by atoms with van der Waals surface area (Å²) in [6.45, 7) is 1.89. The number of fused-ring (bicyclic) bond motifs is 6. The van der Waals surface area contributed by atoms with E-state index in [1.165, 1.54) is 0 Å². The van der Waals surface area contributed by atoms with Crippen molar-refractivity contribution in [3.05, 3.63) is 88.6 Å². The second-order valence-corrected chi connectivity index (χ2v) is 6.64. The number of ketones is 2. The highest BCUT2D eigenvalue weighted by Gasteiger charge is 2.38. The highest BCUT2D eigenvalue weighted by atomic mass is 16.5. The largest absolute Gasteiger partial charge is 0.462 e. The number of hydrogen-bond donors (Lipinski definition) is 0. The normalized spacial score (nSPS) is 12.9. The van der Waals surface area contributed by atoms with Crippen molar-refractivity contribution in [1.82, 2.24) is 4.40 Å². The van der Waals surface area contributed by atoms with Crippen LogP contribution < -0.4 is 0 Å². The number of carbonyl (C=O) groups is 3. The van der Waals surface area contributed by atoms with Crippen molar-refractivity contribution in [3.63, 3.8) is 0 Å². The molecule has 1 aliphatic carbocycles. The van der Waals surface area contributed by atoms with Crippen LogP contribution in [0.3, 0.4) is 0 Å². The zero-order valence-corrected chi connectivity index (χ0v) is 15.1. The van der Waals surface area contributed by atoms with Gasteiger partial charge in [-0.3, -0.25) is 9.59 Å². The third-order valence-electron chi connectivity index (χ3n) is 5.14. The molecule has 0 radical (unpaired) electrons. The summed E-state index contributed by atoms with van der Waals surface area (Å²) in [4.78, 5) is 39.5. The molecule has 136 valence electrons. The van der Waals surface area contributed by atoms with Crippen LogP contribution in [0, 0.1) is 0 Å². The number of nitrogens with zero attached hydrogens (tertiary/aromatic N) is 1. The molecule has 5 rings (SSSR count). The second kappa shape index (κ2) is 5.89. The predicted octanol–water partition coefficient (Wildman–Crippen LogP) is 4.04. The van der Waals surface area contributed by atoms with E-state index in [0.717, 1.165) is 10.9 Å². The third kappa shape index (κ3) is 2.04. The summed E-state index contributed by atoms with van der Waals surface area (Å²) in [5.74, 6) is -1.20. The Morgan fingerprint density at radius 2 is 1.54 bits per heavy atom. The predicted molar refractivity (Wildman–Crippen MR) is 104 cm³/mol. The van der Waals surface area contributed by atoms with E-state index >= 15 is 0 Å². The molecule has 0 N–H and O–H groups in total. The highest BCUT2D eigenvalue weighted by Crippen LogP contribution is 2.36. The summed E-state index contributed by atoms with van der Waals surface area (Å²) in [7, 11) is 0. The Kier molecular flexibility index (Phi) is 3.46. The van der Waals surface area contributed by atoms with Crippen molar-refractivity contribution in [1.29, 1.82) is 0 Å². The lowest BCUT2D eigenvalue weighted by Crippen LogP contribution is -2.23. The molecule has 5 heteroatoms. The first kappa shape index (κ1) is 16.4. The molecule has 4 aromatic rings. The van der Waals surface area contributed by atoms with E-state index in [0.29, 0.717) is 16.6 Å². The average molecular weight is 369 g/mol. The Balaban J connectivity index is 1.99. The number of aromatic nitrogens is 1. The van der Waals surface area contributed by atoms with Crippen LogP contribution in [0.2, 0.25) is 0 Å². The van der Waals surface area contributed by atoms with Gasteiger partial charge in [0.15, 0.2) is 5.78 Å². The van der Waals surface area contributed by atoms with E-state index in [4.69, 9.17) is 4.74 Å². The number of hydrogen-bond acceptors (Lipinski definition) is 4. The number of pyridine rings is 1. The molecule has 1 aliphatic rings. The molecule has 0 fully saturated rings. The van der Waals surface area contributed by atoms with Gasteiger partial charge in [-0.2, -0.15) is 0 Å². The van der Waals surface area contributed by atoms with Crippen molar-refractivity contribution in [2.24, 2.45) is 0 Å². The van der Waals surface area contributed by atoms with Crippen LogP contribution in [-0.2, 0) is 4.74 Å². The number of esters is 1. The van der Waals surface area contributed by atoms with Gasteiger partial charge < -0.3 is 9.14 Å². The molecule has 0 saturated heterocycles. The van der Waals surface area contributed by atoms with Gasteiger partial charge in [-0.05, 0) is 24.4 Å². The van der Waals surface area contributed by atoms with E-state index in [2.05, 4.69) is 0 Å². The summed E-state index contributed by atoms with van der Waals surface area (Å²) in [5.41, 5.74) is 2.41. The van der Waals surface area contributed by atoms with Crippen LogP contribution in [0.4, 0.5) is 0 Å². The summed E-state index contributed by atoms with van der Waals surface area (Å²) >= 11 is 0. The van der Waals surface area contributed by atoms with Gasteiger partial charge in [0.25, 0.3) is 0 Å². The number of ether oxygens (including phenoxy) is 1. The minimum Gasteiger partial charge on any atom is -0.462 e. The molecule has 5 nitrogen and oxygen atoms in total. The SMILES string of the molecule is CCOC(=O)c1c2c(n3c1ccc1ccccc13)C(=O)c1ccccc1C2=O. The van der Waals surface area contributed by atoms with E-state index in [-0.39, 0.29) is 35.0 Å². The Bertz CT molecular complexity index is 1330. The van der Waals surface area contributed by atoms with E-state index in [1.54, 1.807) is 41.7 Å². The maximum atomic E-state index is 13.4. The number of para-hydroxylation sites is 1. The average Bonchev–Trinajstić information content (AvgIpc) is 3.08. The maximum absolute atomic E-state index is 13.4. The van der Waals surface area contributed by atoms with Gasteiger partial charge in [-0.15, -0.1) is 0 Å². The van der Waals surface area contributed by atoms with Gasteiger partial charge in [0.1, 0.15) is 5.69 Å². The molecule has 2 aromatic carbocycles. The smallest absolute Gasteiger partial charge is 0.341 e. The molecule has 2 aromatic heterocycles. The molecule has 0 unspecified atom stereocenters. The minimum atomic E-state index is -0.600. The number of carbonyl (C=O) groups excluding carboxylic acids is 3. The third-order valence-corrected chi connectivity index (χ3v) is 5.14. The van der Waals surface area contributed by atoms with Crippen LogP contribution in [-0.4, -0.2) is 28.5 Å². The fourth-order valence-electron chi connectivity index (χ4n) is 3.99. The summed E-state index contributed by atoms with van der Waals surface area (Å²) < 4.78 is 6.94. The van der Waals surface area contributed by atoms with Crippen molar-refractivity contribution in [2.45, 2.75) is 6.92 Å². The Hall–Kier alpha value is -3.73. The van der Waals surface area contributed by atoms with E-state index < -0.39 is 5.97 Å². The first-order valence-corrected chi connectivity index (χ1v) is 9.05. The lowest BCUT2D eigenvalue weighted by molar-refractivity contribution is 0.0526. The lowest BCUT2D eigenvalue weighted by Gasteiger charge is -2.16. The van der Waals surface area contributed by atoms with Gasteiger partial charge in [0, 0.05) is 11.1 Å². The molecule has 0 saturated carbocycles. The van der Waals surface area contributed by atoms with Crippen LogP contribution in [0.25, 0.3) is 16.4 Å².